The van der Waals surface area contributed by atoms with E-state index in [1.807, 2.05) is 19.1 Å². The van der Waals surface area contributed by atoms with Crippen molar-refractivity contribution >= 4 is 32.7 Å². The SMILES string of the molecule is Cc1cc(-c2nc3cc(Br)ccc3n2C(C)C)ccc1N. The molecule has 0 saturated heterocycles. The van der Waals surface area contributed by atoms with Gasteiger partial charge in [0.2, 0.25) is 0 Å². The lowest BCUT2D eigenvalue weighted by molar-refractivity contribution is 0.624. The Balaban J connectivity index is 2.30. The third-order valence-corrected chi connectivity index (χ3v) is 4.19. The van der Waals surface area contributed by atoms with E-state index in [-0.39, 0.29) is 0 Å². The number of benzene rings is 2. The van der Waals surface area contributed by atoms with Crippen molar-refractivity contribution in [2.75, 3.05) is 5.73 Å². The van der Waals surface area contributed by atoms with Gasteiger partial charge in [-0.3, -0.25) is 0 Å². The zero-order chi connectivity index (χ0) is 15.1. The van der Waals surface area contributed by atoms with Crippen LogP contribution in [0, 0.1) is 6.92 Å². The predicted octanol–water partition coefficient (Wildman–Crippen LogP) is 4.94. The van der Waals surface area contributed by atoms with Crippen LogP contribution in [-0.4, -0.2) is 9.55 Å². The van der Waals surface area contributed by atoms with Crippen LogP contribution in [0.15, 0.2) is 40.9 Å². The fraction of sp³-hybridized carbons (Fsp3) is 0.235. The lowest BCUT2D eigenvalue weighted by atomic mass is 10.1. The summed E-state index contributed by atoms with van der Waals surface area (Å²) in [6, 6.07) is 12.7. The summed E-state index contributed by atoms with van der Waals surface area (Å²) in [6.07, 6.45) is 0. The second-order valence-electron chi connectivity index (χ2n) is 5.60. The third kappa shape index (κ3) is 2.44. The molecule has 0 saturated carbocycles. The molecule has 0 fully saturated rings. The van der Waals surface area contributed by atoms with E-state index in [1.54, 1.807) is 0 Å². The average Bonchev–Trinajstić information content (AvgIpc) is 2.80. The maximum absolute atomic E-state index is 5.93. The van der Waals surface area contributed by atoms with E-state index in [9.17, 15) is 0 Å². The van der Waals surface area contributed by atoms with Gasteiger partial charge in [-0.1, -0.05) is 15.9 Å². The molecule has 0 aliphatic carbocycles. The van der Waals surface area contributed by atoms with Gasteiger partial charge < -0.3 is 10.3 Å². The number of nitrogens with two attached hydrogens (primary N) is 1. The molecule has 4 heteroatoms. The van der Waals surface area contributed by atoms with Crippen LogP contribution in [-0.2, 0) is 0 Å². The van der Waals surface area contributed by atoms with E-state index < -0.39 is 0 Å². The van der Waals surface area contributed by atoms with E-state index in [2.05, 4.69) is 58.6 Å². The van der Waals surface area contributed by atoms with Gasteiger partial charge in [-0.25, -0.2) is 4.98 Å². The smallest absolute Gasteiger partial charge is 0.141 e. The lowest BCUT2D eigenvalue weighted by Gasteiger charge is -2.14. The topological polar surface area (TPSA) is 43.8 Å². The molecule has 0 spiro atoms. The van der Waals surface area contributed by atoms with Crippen molar-refractivity contribution < 1.29 is 0 Å². The van der Waals surface area contributed by atoms with Crippen LogP contribution in [0.2, 0.25) is 0 Å². The lowest BCUT2D eigenvalue weighted by Crippen LogP contribution is -2.03. The Morgan fingerprint density at radius 2 is 1.90 bits per heavy atom. The van der Waals surface area contributed by atoms with Gasteiger partial charge in [-0.05, 0) is 62.7 Å². The summed E-state index contributed by atoms with van der Waals surface area (Å²) < 4.78 is 3.32. The van der Waals surface area contributed by atoms with Gasteiger partial charge >= 0.3 is 0 Å². The Bertz CT molecular complexity index is 818. The molecule has 0 bridgehead atoms. The maximum Gasteiger partial charge on any atom is 0.141 e. The molecular weight excluding hydrogens is 326 g/mol. The average molecular weight is 344 g/mol. The van der Waals surface area contributed by atoms with Gasteiger partial charge in [-0.15, -0.1) is 0 Å². The largest absolute Gasteiger partial charge is 0.399 e. The summed E-state index contributed by atoms with van der Waals surface area (Å²) in [7, 11) is 0. The maximum atomic E-state index is 5.93. The van der Waals surface area contributed by atoms with E-state index in [1.165, 1.54) is 0 Å². The van der Waals surface area contributed by atoms with Crippen molar-refractivity contribution in [2.24, 2.45) is 0 Å². The number of aryl methyl sites for hydroxylation is 1. The summed E-state index contributed by atoms with van der Waals surface area (Å²) in [4.78, 5) is 4.83. The van der Waals surface area contributed by atoms with Crippen LogP contribution in [0.5, 0.6) is 0 Å². The first-order valence-electron chi connectivity index (χ1n) is 7.01. The van der Waals surface area contributed by atoms with Crippen molar-refractivity contribution in [3.63, 3.8) is 0 Å². The summed E-state index contributed by atoms with van der Waals surface area (Å²) in [5.41, 5.74) is 11.1. The normalized spacial score (nSPS) is 11.5. The number of nitrogens with zero attached hydrogens (tertiary/aromatic N) is 2. The highest BCUT2D eigenvalue weighted by Gasteiger charge is 2.15. The molecule has 2 N–H and O–H groups in total. The van der Waals surface area contributed by atoms with E-state index in [0.29, 0.717) is 6.04 Å². The number of hydrogen-bond acceptors (Lipinski definition) is 2. The molecule has 1 heterocycles. The molecule has 0 amide bonds. The first kappa shape index (κ1) is 14.1. The van der Waals surface area contributed by atoms with Gasteiger partial charge in [0.25, 0.3) is 0 Å². The van der Waals surface area contributed by atoms with Crippen molar-refractivity contribution in [1.82, 2.24) is 9.55 Å². The second-order valence-corrected chi connectivity index (χ2v) is 6.52. The minimum Gasteiger partial charge on any atom is -0.399 e. The van der Waals surface area contributed by atoms with Gasteiger partial charge in [0.15, 0.2) is 0 Å². The molecule has 0 aliphatic heterocycles. The minimum atomic E-state index is 0.337. The molecule has 0 aliphatic rings. The second kappa shape index (κ2) is 5.19. The van der Waals surface area contributed by atoms with E-state index in [0.717, 1.165) is 38.1 Å². The molecule has 0 atom stereocenters. The monoisotopic (exact) mass is 343 g/mol. The van der Waals surface area contributed by atoms with Crippen molar-refractivity contribution in [2.45, 2.75) is 26.8 Å². The number of anilines is 1. The number of halogens is 1. The van der Waals surface area contributed by atoms with Gasteiger partial charge in [0.05, 0.1) is 11.0 Å². The van der Waals surface area contributed by atoms with Crippen molar-refractivity contribution in [1.29, 1.82) is 0 Å². The van der Waals surface area contributed by atoms with Crippen LogP contribution in [0.25, 0.3) is 22.4 Å². The molecular formula is C17H18BrN3. The van der Waals surface area contributed by atoms with Crippen LogP contribution in [0.3, 0.4) is 0 Å². The first-order valence-corrected chi connectivity index (χ1v) is 7.80. The van der Waals surface area contributed by atoms with Crippen LogP contribution < -0.4 is 5.73 Å². The fourth-order valence-electron chi connectivity index (χ4n) is 2.61. The molecule has 108 valence electrons. The highest BCUT2D eigenvalue weighted by molar-refractivity contribution is 9.10. The summed E-state index contributed by atoms with van der Waals surface area (Å²) in [5, 5.41) is 0. The standard InChI is InChI=1S/C17H18BrN3/c1-10(2)21-16-7-5-13(18)9-15(16)20-17(21)12-4-6-14(19)11(3)8-12/h4-10H,19H2,1-3H3. The molecule has 21 heavy (non-hydrogen) atoms. The number of nitrogen functional groups attached to an aromatic ring is 1. The molecule has 3 nitrogen and oxygen atoms in total. The highest BCUT2D eigenvalue weighted by atomic mass is 79.9. The Kier molecular flexibility index (Phi) is 3.49. The summed E-state index contributed by atoms with van der Waals surface area (Å²) in [5.74, 6) is 0.987. The predicted molar refractivity (Wildman–Crippen MR) is 92.4 cm³/mol. The number of fused-ring (bicyclic) bond motifs is 1. The van der Waals surface area contributed by atoms with Crippen LogP contribution in [0.4, 0.5) is 5.69 Å². The highest BCUT2D eigenvalue weighted by Crippen LogP contribution is 2.31. The summed E-state index contributed by atoms with van der Waals surface area (Å²) >= 11 is 3.51. The van der Waals surface area contributed by atoms with Gasteiger partial charge in [-0.2, -0.15) is 0 Å². The third-order valence-electron chi connectivity index (χ3n) is 3.70. The Labute approximate surface area is 132 Å². The Hall–Kier alpha value is -1.81. The molecule has 0 unspecified atom stereocenters. The quantitative estimate of drug-likeness (QED) is 0.670. The van der Waals surface area contributed by atoms with Gasteiger partial charge in [0.1, 0.15) is 5.82 Å². The molecule has 3 aromatic rings. The van der Waals surface area contributed by atoms with Gasteiger partial charge in [0, 0.05) is 21.8 Å². The number of imidazole rings is 1. The molecule has 2 aromatic carbocycles. The van der Waals surface area contributed by atoms with Crippen molar-refractivity contribution in [3.05, 3.63) is 46.4 Å². The van der Waals surface area contributed by atoms with E-state index >= 15 is 0 Å². The molecule has 0 radical (unpaired) electrons. The van der Waals surface area contributed by atoms with Crippen LogP contribution >= 0.6 is 15.9 Å². The minimum absolute atomic E-state index is 0.337. The zero-order valence-corrected chi connectivity index (χ0v) is 14.0. The zero-order valence-electron chi connectivity index (χ0n) is 12.4. The Morgan fingerprint density at radius 3 is 2.57 bits per heavy atom. The first-order chi connectivity index (χ1) is 9.97. The Morgan fingerprint density at radius 1 is 1.14 bits per heavy atom. The van der Waals surface area contributed by atoms with Crippen LogP contribution in [0.1, 0.15) is 25.5 Å². The van der Waals surface area contributed by atoms with E-state index in [4.69, 9.17) is 10.7 Å². The number of rotatable bonds is 2. The molecule has 1 aromatic heterocycles. The number of aromatic nitrogens is 2. The summed E-state index contributed by atoms with van der Waals surface area (Å²) in [6.45, 7) is 6.38. The molecule has 3 rings (SSSR count). The number of hydrogen-bond donors (Lipinski definition) is 1. The fourth-order valence-corrected chi connectivity index (χ4v) is 2.96. The van der Waals surface area contributed by atoms with Crippen molar-refractivity contribution in [3.8, 4) is 11.4 Å².